The van der Waals surface area contributed by atoms with Crippen molar-refractivity contribution >= 4 is 0 Å². The summed E-state index contributed by atoms with van der Waals surface area (Å²) in [6.45, 7) is 0.432. The molecule has 1 aliphatic rings. The molecule has 0 aliphatic heterocycles. The van der Waals surface area contributed by atoms with E-state index < -0.39 is 6.36 Å². The van der Waals surface area contributed by atoms with Crippen LogP contribution in [0.2, 0.25) is 0 Å². The SMILES string of the molecule is CN(Cc1ccccc1OC(F)(F)F)C1C=CCCC1. The second-order valence-electron chi connectivity index (χ2n) is 5.00. The van der Waals surface area contributed by atoms with Crippen molar-refractivity contribution in [1.82, 2.24) is 4.90 Å². The van der Waals surface area contributed by atoms with Crippen molar-refractivity contribution in [2.75, 3.05) is 7.05 Å². The van der Waals surface area contributed by atoms with Crippen LogP contribution >= 0.6 is 0 Å². The number of nitrogens with zero attached hydrogens (tertiary/aromatic N) is 1. The highest BCUT2D eigenvalue weighted by atomic mass is 19.4. The maximum atomic E-state index is 12.4. The summed E-state index contributed by atoms with van der Waals surface area (Å²) in [5, 5.41) is 0. The van der Waals surface area contributed by atoms with Crippen LogP contribution in [0.25, 0.3) is 0 Å². The lowest BCUT2D eigenvalue weighted by Gasteiger charge is -2.28. The van der Waals surface area contributed by atoms with Crippen molar-refractivity contribution in [3.8, 4) is 5.75 Å². The third-order valence-corrected chi connectivity index (χ3v) is 3.41. The molecule has 0 heterocycles. The summed E-state index contributed by atoms with van der Waals surface area (Å²) in [7, 11) is 1.92. The molecule has 1 aromatic rings. The molecule has 1 unspecified atom stereocenters. The summed E-state index contributed by atoms with van der Waals surface area (Å²) in [6.07, 6.45) is 2.83. The van der Waals surface area contributed by atoms with Crippen molar-refractivity contribution in [3.63, 3.8) is 0 Å². The average Bonchev–Trinajstić information content (AvgIpc) is 2.40. The second-order valence-corrected chi connectivity index (χ2v) is 5.00. The van der Waals surface area contributed by atoms with E-state index in [9.17, 15) is 13.2 Å². The Hall–Kier alpha value is -1.49. The number of ether oxygens (including phenoxy) is 1. The molecular weight excluding hydrogens is 267 g/mol. The zero-order valence-corrected chi connectivity index (χ0v) is 11.4. The minimum absolute atomic E-state index is 0.119. The summed E-state index contributed by atoms with van der Waals surface area (Å²) in [5.74, 6) is -0.119. The maximum Gasteiger partial charge on any atom is 0.573 e. The number of likely N-dealkylation sites (N-methyl/N-ethyl adjacent to an activating group) is 1. The highest BCUT2D eigenvalue weighted by molar-refractivity contribution is 5.33. The Morgan fingerprint density at radius 1 is 1.30 bits per heavy atom. The van der Waals surface area contributed by atoms with E-state index in [0.717, 1.165) is 19.3 Å². The smallest absolute Gasteiger partial charge is 0.405 e. The summed E-state index contributed by atoms with van der Waals surface area (Å²) in [6, 6.07) is 6.58. The van der Waals surface area contributed by atoms with E-state index in [1.807, 2.05) is 11.9 Å². The van der Waals surface area contributed by atoms with Crippen LogP contribution in [0.1, 0.15) is 24.8 Å². The zero-order valence-electron chi connectivity index (χ0n) is 11.4. The molecule has 1 aliphatic carbocycles. The van der Waals surface area contributed by atoms with Gasteiger partial charge < -0.3 is 4.74 Å². The number of rotatable bonds is 4. The van der Waals surface area contributed by atoms with Crippen molar-refractivity contribution in [2.45, 2.75) is 38.2 Å². The van der Waals surface area contributed by atoms with Gasteiger partial charge in [-0.3, -0.25) is 4.90 Å². The number of benzene rings is 1. The molecule has 110 valence electrons. The van der Waals surface area contributed by atoms with Crippen molar-refractivity contribution < 1.29 is 17.9 Å². The van der Waals surface area contributed by atoms with Crippen LogP contribution in [0.15, 0.2) is 36.4 Å². The molecule has 0 radical (unpaired) electrons. The molecule has 2 rings (SSSR count). The Labute approximate surface area is 116 Å². The summed E-state index contributed by atoms with van der Waals surface area (Å²) >= 11 is 0. The van der Waals surface area contributed by atoms with Gasteiger partial charge in [0, 0.05) is 18.2 Å². The maximum absolute atomic E-state index is 12.4. The minimum Gasteiger partial charge on any atom is -0.405 e. The number of allylic oxidation sites excluding steroid dienone is 1. The minimum atomic E-state index is -4.65. The third kappa shape index (κ3) is 4.27. The summed E-state index contributed by atoms with van der Waals surface area (Å²) < 4.78 is 41.2. The first kappa shape index (κ1) is 14.9. The van der Waals surface area contributed by atoms with Crippen LogP contribution in [-0.4, -0.2) is 24.4 Å². The van der Waals surface area contributed by atoms with Crippen molar-refractivity contribution in [1.29, 1.82) is 0 Å². The molecule has 5 heteroatoms. The zero-order chi connectivity index (χ0) is 14.6. The highest BCUT2D eigenvalue weighted by Crippen LogP contribution is 2.28. The quantitative estimate of drug-likeness (QED) is 0.771. The van der Waals surface area contributed by atoms with Gasteiger partial charge in [0.1, 0.15) is 5.75 Å². The Kier molecular flexibility index (Phi) is 4.70. The molecule has 0 saturated heterocycles. The van der Waals surface area contributed by atoms with E-state index in [1.165, 1.54) is 6.07 Å². The Balaban J connectivity index is 2.08. The summed E-state index contributed by atoms with van der Waals surface area (Å²) in [5.41, 5.74) is 0.547. The fourth-order valence-electron chi connectivity index (χ4n) is 2.41. The van der Waals surface area contributed by atoms with Gasteiger partial charge in [0.05, 0.1) is 0 Å². The highest BCUT2D eigenvalue weighted by Gasteiger charge is 2.32. The lowest BCUT2D eigenvalue weighted by molar-refractivity contribution is -0.275. The van der Waals surface area contributed by atoms with Gasteiger partial charge in [-0.2, -0.15) is 0 Å². The van der Waals surface area contributed by atoms with Gasteiger partial charge in [-0.25, -0.2) is 0 Å². The standard InChI is InChI=1S/C15H18F3NO/c1-19(13-8-3-2-4-9-13)11-12-7-5-6-10-14(12)20-15(16,17)18/h3,5-8,10,13H,2,4,9,11H2,1H3. The van der Waals surface area contributed by atoms with Crippen LogP contribution < -0.4 is 4.74 Å². The Morgan fingerprint density at radius 3 is 2.70 bits per heavy atom. The molecule has 0 fully saturated rings. The predicted octanol–water partition coefficient (Wildman–Crippen LogP) is 4.13. The van der Waals surface area contributed by atoms with E-state index in [2.05, 4.69) is 16.9 Å². The second kappa shape index (κ2) is 6.31. The van der Waals surface area contributed by atoms with Crippen LogP contribution in [0, 0.1) is 0 Å². The van der Waals surface area contributed by atoms with E-state index in [1.54, 1.807) is 18.2 Å². The normalized spacial score (nSPS) is 19.4. The van der Waals surface area contributed by atoms with Crippen LogP contribution in [0.5, 0.6) is 5.75 Å². The first-order valence-electron chi connectivity index (χ1n) is 6.66. The van der Waals surface area contributed by atoms with E-state index in [0.29, 0.717) is 12.1 Å². The number of hydrogen-bond donors (Lipinski definition) is 0. The van der Waals surface area contributed by atoms with Crippen LogP contribution in [0.4, 0.5) is 13.2 Å². The lowest BCUT2D eigenvalue weighted by atomic mass is 10.0. The monoisotopic (exact) mass is 285 g/mol. The van der Waals surface area contributed by atoms with Crippen molar-refractivity contribution in [2.24, 2.45) is 0 Å². The number of para-hydroxylation sites is 1. The largest absolute Gasteiger partial charge is 0.573 e. The van der Waals surface area contributed by atoms with Gasteiger partial charge >= 0.3 is 6.36 Å². The fourth-order valence-corrected chi connectivity index (χ4v) is 2.41. The van der Waals surface area contributed by atoms with Gasteiger partial charge in [0.2, 0.25) is 0 Å². The molecule has 0 spiro atoms. The fraction of sp³-hybridized carbons (Fsp3) is 0.467. The van der Waals surface area contributed by atoms with Gasteiger partial charge in [-0.15, -0.1) is 13.2 Å². The molecule has 0 bridgehead atoms. The molecule has 0 aromatic heterocycles. The Morgan fingerprint density at radius 2 is 2.05 bits per heavy atom. The molecule has 20 heavy (non-hydrogen) atoms. The molecule has 1 atom stereocenters. The van der Waals surface area contributed by atoms with Gasteiger partial charge in [0.15, 0.2) is 0 Å². The van der Waals surface area contributed by atoms with Gasteiger partial charge in [0.25, 0.3) is 0 Å². The Bertz CT molecular complexity index is 470. The molecule has 2 nitrogen and oxygen atoms in total. The van der Waals surface area contributed by atoms with Gasteiger partial charge in [-0.05, 0) is 32.4 Å². The third-order valence-electron chi connectivity index (χ3n) is 3.41. The molecule has 0 amide bonds. The average molecular weight is 285 g/mol. The first-order valence-corrected chi connectivity index (χ1v) is 6.66. The number of alkyl halides is 3. The number of halogens is 3. The predicted molar refractivity (Wildman–Crippen MR) is 71.4 cm³/mol. The molecule has 0 saturated carbocycles. The molecule has 1 aromatic carbocycles. The van der Waals surface area contributed by atoms with Crippen LogP contribution in [-0.2, 0) is 6.54 Å². The molecular formula is C15H18F3NO. The van der Waals surface area contributed by atoms with Crippen LogP contribution in [0.3, 0.4) is 0 Å². The van der Waals surface area contributed by atoms with Crippen molar-refractivity contribution in [3.05, 3.63) is 42.0 Å². The lowest BCUT2D eigenvalue weighted by Crippen LogP contribution is -2.31. The van der Waals surface area contributed by atoms with E-state index >= 15 is 0 Å². The van der Waals surface area contributed by atoms with Gasteiger partial charge in [-0.1, -0.05) is 30.4 Å². The molecule has 0 N–H and O–H groups in total. The summed E-state index contributed by atoms with van der Waals surface area (Å²) in [4.78, 5) is 2.05. The first-order chi connectivity index (χ1) is 9.46. The van der Waals surface area contributed by atoms with E-state index in [-0.39, 0.29) is 11.8 Å². The number of hydrogen-bond acceptors (Lipinski definition) is 2. The topological polar surface area (TPSA) is 12.5 Å². The van der Waals surface area contributed by atoms with E-state index in [4.69, 9.17) is 0 Å².